The summed E-state index contributed by atoms with van der Waals surface area (Å²) in [5.74, 6) is 2.67. The normalized spacial score (nSPS) is 13.1. The lowest BCUT2D eigenvalue weighted by atomic mass is 9.96. The molecule has 9 aromatic rings. The highest BCUT2D eigenvalue weighted by molar-refractivity contribution is 7.08. The van der Waals surface area contributed by atoms with Crippen LogP contribution in [-0.2, 0) is 59.2 Å². The Labute approximate surface area is 836 Å². The fraction of sp³-hybridized carbons (Fsp3) is 0.541. The van der Waals surface area contributed by atoms with Crippen molar-refractivity contribution in [1.29, 1.82) is 0 Å². The van der Waals surface area contributed by atoms with E-state index in [4.69, 9.17) is 38.3 Å². The number of thiophene rings is 1. The second-order valence-electron chi connectivity index (χ2n) is 33.9. The van der Waals surface area contributed by atoms with Gasteiger partial charge in [-0.2, -0.15) is 11.3 Å². The van der Waals surface area contributed by atoms with Gasteiger partial charge in [0.2, 0.25) is 0 Å². The maximum atomic E-state index is 11.5. The number of aromatic amines is 1. The molecule has 5 aromatic heterocycles. The molecule has 0 saturated heterocycles. The average Bonchev–Trinajstić information content (AvgIpc) is 1.23. The topological polar surface area (TPSA) is 371 Å². The van der Waals surface area contributed by atoms with Crippen LogP contribution in [-0.4, -0.2) is 157 Å². The summed E-state index contributed by atoms with van der Waals surface area (Å²) in [5.41, 5.74) is 11.9. The maximum Gasteiger partial charge on any atom is 0.407 e. The summed E-state index contributed by atoms with van der Waals surface area (Å²) in [7, 11) is 6.30. The summed E-state index contributed by atoms with van der Waals surface area (Å²) in [5, 5.41) is 58.6. The number of aromatic hydroxyl groups is 1. The van der Waals surface area contributed by atoms with Gasteiger partial charge in [-0.05, 0) is 253 Å². The molecule has 2 atom stereocenters. The van der Waals surface area contributed by atoms with Crippen LogP contribution >= 0.6 is 11.3 Å². The van der Waals surface area contributed by atoms with E-state index in [1.165, 1.54) is 129 Å². The van der Waals surface area contributed by atoms with Crippen molar-refractivity contribution in [3.8, 4) is 23.0 Å². The molecule has 4 aliphatic rings. The molecule has 4 aromatic carbocycles. The zero-order valence-electron chi connectivity index (χ0n) is 86.8. The van der Waals surface area contributed by atoms with Crippen LogP contribution in [0.25, 0.3) is 0 Å². The Kier molecular flexibility index (Phi) is 75.4. The third-order valence-corrected chi connectivity index (χ3v) is 23.4. The van der Waals surface area contributed by atoms with Crippen LogP contribution in [0.4, 0.5) is 24.9 Å². The SMILES string of the molecule is CC(CO)CCNC(=O)NC1CCCCC1.CCC(O)CNC(=O)NC1CCCCC1.CCCCCOC(=O)NC1CCCC1.CCCCOC(=O)NC1CCCC1.CCc1c(OC)cc(OC)cc1OC.CCc1ccc(C(=O)OC)cc1.CCc1ccc([N+](=O)[O-])cc1.CCc1ccc[nH]1.CCc1cccnc1.CCc1ccoc1.CCc1ccsc1.Cc1ccc(O)cc1.Cc1ccncc1. The number of H-pyrrole nitrogens is 1. The maximum absolute atomic E-state index is 11.5. The first-order valence-electron chi connectivity index (χ1n) is 50.4. The number of amides is 6. The van der Waals surface area contributed by atoms with Crippen LogP contribution in [0, 0.1) is 29.9 Å². The largest absolute Gasteiger partial charge is 0.508 e. The zero-order chi connectivity index (χ0) is 103. The zero-order valence-corrected chi connectivity index (χ0v) is 87.6. The molecule has 4 fully saturated rings. The van der Waals surface area contributed by atoms with Gasteiger partial charge in [0.1, 0.15) is 23.0 Å². The molecule has 6 amide bonds. The summed E-state index contributed by atoms with van der Waals surface area (Å²) < 4.78 is 35.1. The number of nitrogens with one attached hydrogen (secondary N) is 7. The van der Waals surface area contributed by atoms with E-state index >= 15 is 0 Å². The van der Waals surface area contributed by atoms with Gasteiger partial charge in [0, 0.05) is 110 Å². The van der Waals surface area contributed by atoms with Gasteiger partial charge in [0.05, 0.1) is 70.8 Å². The highest BCUT2D eigenvalue weighted by atomic mass is 32.1. The molecule has 774 valence electrons. The average molecular weight is 1950 g/mol. The minimum atomic E-state index is -0.429. The molecule has 4 aliphatic carbocycles. The highest BCUT2D eigenvalue weighted by Crippen LogP contribution is 2.34. The number of methoxy groups -OCH3 is 4. The van der Waals surface area contributed by atoms with Crippen molar-refractivity contribution >= 4 is 47.2 Å². The molecular formula is C111H172N10O17S. The van der Waals surface area contributed by atoms with Crippen LogP contribution in [0.3, 0.4) is 0 Å². The highest BCUT2D eigenvalue weighted by Gasteiger charge is 2.21. The van der Waals surface area contributed by atoms with E-state index in [0.717, 1.165) is 157 Å². The number of aromatic nitrogens is 3. The Bertz CT molecular complexity index is 4290. The summed E-state index contributed by atoms with van der Waals surface area (Å²) >= 11 is 1.76. The molecule has 27 nitrogen and oxygen atoms in total. The number of phenols is 1. The number of hydrogen-bond acceptors (Lipinski definition) is 20. The Hall–Kier alpha value is -11.5. The van der Waals surface area contributed by atoms with Gasteiger partial charge in [-0.25, -0.2) is 24.0 Å². The van der Waals surface area contributed by atoms with E-state index in [1.807, 2.05) is 114 Å². The number of aliphatic hydroxyl groups is 2. The Balaban J connectivity index is 0.000000760. The van der Waals surface area contributed by atoms with Crippen molar-refractivity contribution in [2.24, 2.45) is 5.92 Å². The number of alkyl carbamates (subject to hydrolysis) is 2. The minimum Gasteiger partial charge on any atom is -0.508 e. The van der Waals surface area contributed by atoms with E-state index in [-0.39, 0.29) is 53.4 Å². The fourth-order valence-corrected chi connectivity index (χ4v) is 14.4. The predicted molar refractivity (Wildman–Crippen MR) is 564 cm³/mol. The monoisotopic (exact) mass is 1950 g/mol. The second kappa shape index (κ2) is 83.5. The van der Waals surface area contributed by atoms with Gasteiger partial charge in [-0.3, -0.25) is 20.1 Å². The number of carbonyl (C=O) groups is 5. The summed E-state index contributed by atoms with van der Waals surface area (Å²) in [6.07, 6.45) is 47.0. The number of nitro benzene ring substituents is 1. The first-order valence-corrected chi connectivity index (χ1v) is 51.3. The smallest absolute Gasteiger partial charge is 0.407 e. The van der Waals surface area contributed by atoms with E-state index in [1.54, 1.807) is 100 Å². The van der Waals surface area contributed by atoms with Crippen molar-refractivity contribution < 1.29 is 77.1 Å². The van der Waals surface area contributed by atoms with Crippen LogP contribution < -0.4 is 46.1 Å². The number of non-ortho nitro benzene ring substituents is 1. The number of nitro groups is 1. The van der Waals surface area contributed by atoms with Gasteiger partial charge in [0.15, 0.2) is 0 Å². The van der Waals surface area contributed by atoms with Crippen LogP contribution in [0.1, 0.15) is 297 Å². The molecule has 0 radical (unpaired) electrons. The van der Waals surface area contributed by atoms with Crippen molar-refractivity contribution in [3.63, 3.8) is 0 Å². The first-order chi connectivity index (χ1) is 67.3. The molecule has 2 unspecified atom stereocenters. The number of ether oxygens (including phenoxy) is 6. The van der Waals surface area contributed by atoms with Crippen LogP contribution in [0.15, 0.2) is 192 Å². The molecular weight excluding hydrogens is 1780 g/mol. The molecule has 0 aliphatic heterocycles. The van der Waals surface area contributed by atoms with Crippen molar-refractivity contribution in [3.05, 3.63) is 254 Å². The Morgan fingerprint density at radius 2 is 1.03 bits per heavy atom. The number of pyridine rings is 2. The first kappa shape index (κ1) is 126. The molecule has 13 rings (SSSR count). The summed E-state index contributed by atoms with van der Waals surface area (Å²) in [4.78, 5) is 77.0. The van der Waals surface area contributed by atoms with Gasteiger partial charge in [-0.1, -0.05) is 208 Å². The van der Waals surface area contributed by atoms with Crippen LogP contribution in [0.5, 0.6) is 23.0 Å². The number of furan rings is 1. The van der Waals surface area contributed by atoms with Crippen LogP contribution in [0.2, 0.25) is 0 Å². The lowest BCUT2D eigenvalue weighted by Gasteiger charge is -2.23. The number of benzene rings is 4. The lowest BCUT2D eigenvalue weighted by molar-refractivity contribution is -0.384. The van der Waals surface area contributed by atoms with Crippen molar-refractivity contribution in [2.45, 2.75) is 326 Å². The number of esters is 1. The summed E-state index contributed by atoms with van der Waals surface area (Å²) in [6, 6.07) is 42.3. The lowest BCUT2D eigenvalue weighted by Crippen LogP contribution is -2.45. The molecule has 0 bridgehead atoms. The number of phenolic OH excluding ortho intramolecular Hbond substituents is 1. The standard InChI is InChI=1S/C12H24N2O2.C11H22N2O2.C11H21NO2.C11H16O3.C10H19NO2.C10H12O2.C8H9NO2.C7H9N.C7H8O.C6H7N.C6H9N.C6H8O.C6H8S/c1-10(9-15)7-8-13-12(16)14-11-5-3-2-4-6-11;1-2-10(14)8-12-11(15)13-9-6-4-3-5-7-9;1-2-3-6-9-14-11(13)12-10-7-4-5-8-10;1-5-9-10(13-3)6-8(12-2)7-11(9)14-4;1-2-3-8-13-10(12)11-9-6-4-5-7-9;1-3-8-4-6-9(7-5-8)10(11)12-2;1-2-7-3-5-8(6-4-7)9(10)11;1-2-7-4-3-5-8-6-7;1-6-2-4-7(8)5-3-6;1-6-2-4-7-5-3-6;1-2-6-4-3-5-7-6;2*1-2-6-3-4-7-5-6/h10-11,15H,2-9H2,1H3,(H2,13,14,16);9-10,14H,2-8H2,1H3,(H2,12,13,15);10H,2-9H2,1H3,(H,12,13);6-7H,5H2,1-4H3;9H,2-8H2,1H3,(H,11,12);4-7H,3H2,1-2H3;3-6H,2H2,1H3;3-6H,2H2,1H3;2-5,8H,1H3;2-5H,1H3;3-5,7H,2H2,1H3;2*3-5H,2H2,1H3. The van der Waals surface area contributed by atoms with E-state index in [2.05, 4.69) is 136 Å². The van der Waals surface area contributed by atoms with Crippen molar-refractivity contribution in [1.82, 2.24) is 46.9 Å². The number of carbonyl (C=O) groups excluding carboxylic acids is 5. The fourth-order valence-electron chi connectivity index (χ4n) is 13.7. The number of unbranched alkanes of at least 4 members (excludes halogenated alkanes) is 3. The van der Waals surface area contributed by atoms with Crippen molar-refractivity contribution in [2.75, 3.05) is 61.3 Å². The minimum absolute atomic E-state index is 0.0583. The number of aryl methyl sites for hydroxylation is 8. The number of urea groups is 2. The van der Waals surface area contributed by atoms with E-state index < -0.39 is 6.10 Å². The van der Waals surface area contributed by atoms with Gasteiger partial charge >= 0.3 is 30.2 Å². The number of aliphatic hydroxyl groups excluding tert-OH is 2. The van der Waals surface area contributed by atoms with Gasteiger partial charge in [-0.15, -0.1) is 0 Å². The van der Waals surface area contributed by atoms with E-state index in [9.17, 15) is 39.2 Å². The molecule has 5 heterocycles. The summed E-state index contributed by atoms with van der Waals surface area (Å²) in [6.45, 7) is 29.1. The Morgan fingerprint density at radius 3 is 1.39 bits per heavy atom. The quantitative estimate of drug-likeness (QED) is 0.00657. The molecule has 10 N–H and O–H groups in total. The van der Waals surface area contributed by atoms with Gasteiger partial charge in [0.25, 0.3) is 5.69 Å². The number of nitrogens with zero attached hydrogens (tertiary/aromatic N) is 3. The van der Waals surface area contributed by atoms with E-state index in [0.29, 0.717) is 68.2 Å². The molecule has 0 spiro atoms. The second-order valence-corrected chi connectivity index (χ2v) is 34.7. The predicted octanol–water partition coefficient (Wildman–Crippen LogP) is 25.3. The molecule has 28 heteroatoms. The Morgan fingerprint density at radius 1 is 0.532 bits per heavy atom. The number of hydrogen-bond donors (Lipinski definition) is 10. The molecule has 4 saturated carbocycles. The third kappa shape index (κ3) is 65.1. The van der Waals surface area contributed by atoms with Gasteiger partial charge < -0.3 is 85.0 Å². The third-order valence-electron chi connectivity index (χ3n) is 22.7. The number of rotatable bonds is 30. The molecule has 139 heavy (non-hydrogen) atoms.